The van der Waals surface area contributed by atoms with Crippen LogP contribution in [-0.2, 0) is 6.42 Å². The van der Waals surface area contributed by atoms with Crippen LogP contribution in [0.2, 0.25) is 10.2 Å². The molecule has 2 aromatic heterocycles. The fourth-order valence-electron chi connectivity index (χ4n) is 1.20. The van der Waals surface area contributed by atoms with Gasteiger partial charge in [0.25, 0.3) is 0 Å². The van der Waals surface area contributed by atoms with Gasteiger partial charge in [0, 0.05) is 5.69 Å². The van der Waals surface area contributed by atoms with Crippen molar-refractivity contribution in [2.45, 2.75) is 13.3 Å². The molecule has 78 valence electrons. The summed E-state index contributed by atoms with van der Waals surface area (Å²) in [5, 5.41) is 3.04. The molecule has 0 fully saturated rings. The molecular weight excluding hydrogens is 251 g/mol. The van der Waals surface area contributed by atoms with Gasteiger partial charge in [-0.05, 0) is 23.9 Å². The van der Waals surface area contributed by atoms with E-state index in [1.807, 2.05) is 18.4 Å². The van der Waals surface area contributed by atoms with Crippen molar-refractivity contribution in [1.82, 2.24) is 9.97 Å². The summed E-state index contributed by atoms with van der Waals surface area (Å²) < 4.78 is 0. The minimum atomic E-state index is 0.460. The van der Waals surface area contributed by atoms with Crippen LogP contribution in [0.1, 0.15) is 12.6 Å². The third-order valence-corrected chi connectivity index (χ3v) is 3.46. The predicted molar refractivity (Wildman–Crippen MR) is 64.7 cm³/mol. The Kier molecular flexibility index (Phi) is 3.24. The highest BCUT2D eigenvalue weighted by Crippen LogP contribution is 2.31. The molecule has 0 aromatic carbocycles. The van der Waals surface area contributed by atoms with E-state index in [9.17, 15) is 0 Å². The number of halogens is 2. The van der Waals surface area contributed by atoms with E-state index in [0.717, 1.165) is 17.0 Å². The molecule has 2 nitrogen and oxygen atoms in total. The van der Waals surface area contributed by atoms with Gasteiger partial charge in [-0.25, -0.2) is 9.97 Å². The Morgan fingerprint density at radius 3 is 2.73 bits per heavy atom. The van der Waals surface area contributed by atoms with Gasteiger partial charge in [-0.15, -0.1) is 11.3 Å². The Balaban J connectivity index is 2.53. The number of thiophene rings is 1. The SMILES string of the molecule is CCc1cc(Cl)nc(-c2sccc2Cl)n1. The minimum Gasteiger partial charge on any atom is -0.232 e. The van der Waals surface area contributed by atoms with E-state index in [1.165, 1.54) is 11.3 Å². The van der Waals surface area contributed by atoms with Gasteiger partial charge in [-0.1, -0.05) is 30.1 Å². The molecule has 15 heavy (non-hydrogen) atoms. The van der Waals surface area contributed by atoms with Crippen molar-refractivity contribution in [2.24, 2.45) is 0 Å². The molecule has 2 aromatic rings. The molecule has 2 rings (SSSR count). The van der Waals surface area contributed by atoms with Gasteiger partial charge in [-0.2, -0.15) is 0 Å². The molecule has 0 saturated carbocycles. The van der Waals surface area contributed by atoms with Crippen LogP contribution in [0.4, 0.5) is 0 Å². The summed E-state index contributed by atoms with van der Waals surface area (Å²) in [4.78, 5) is 9.42. The summed E-state index contributed by atoms with van der Waals surface area (Å²) >= 11 is 13.4. The zero-order valence-electron chi connectivity index (χ0n) is 8.00. The van der Waals surface area contributed by atoms with E-state index in [4.69, 9.17) is 23.2 Å². The Hall–Kier alpha value is -0.640. The van der Waals surface area contributed by atoms with Gasteiger partial charge in [-0.3, -0.25) is 0 Å². The van der Waals surface area contributed by atoms with Gasteiger partial charge in [0.05, 0.1) is 9.90 Å². The third-order valence-electron chi connectivity index (χ3n) is 1.93. The quantitative estimate of drug-likeness (QED) is 0.759. The summed E-state index contributed by atoms with van der Waals surface area (Å²) in [5.74, 6) is 0.611. The molecule has 0 aliphatic carbocycles. The lowest BCUT2D eigenvalue weighted by Crippen LogP contribution is -1.93. The van der Waals surface area contributed by atoms with Crippen molar-refractivity contribution in [1.29, 1.82) is 0 Å². The Bertz CT molecular complexity index is 482. The molecule has 0 spiro atoms. The maximum atomic E-state index is 6.01. The van der Waals surface area contributed by atoms with E-state index in [-0.39, 0.29) is 0 Å². The fraction of sp³-hybridized carbons (Fsp3) is 0.200. The molecular formula is C10H8Cl2N2S. The first-order valence-corrected chi connectivity index (χ1v) is 6.11. The van der Waals surface area contributed by atoms with Crippen molar-refractivity contribution in [3.05, 3.63) is 33.4 Å². The highest BCUT2D eigenvalue weighted by atomic mass is 35.5. The van der Waals surface area contributed by atoms with Crippen LogP contribution in [0.3, 0.4) is 0 Å². The highest BCUT2D eigenvalue weighted by molar-refractivity contribution is 7.14. The Labute approximate surface area is 102 Å². The fourth-order valence-corrected chi connectivity index (χ4v) is 2.48. The average Bonchev–Trinajstić information content (AvgIpc) is 2.63. The van der Waals surface area contributed by atoms with Gasteiger partial charge >= 0.3 is 0 Å². The number of hydrogen-bond acceptors (Lipinski definition) is 3. The van der Waals surface area contributed by atoms with Crippen molar-refractivity contribution in [3.8, 4) is 10.7 Å². The van der Waals surface area contributed by atoms with Crippen molar-refractivity contribution < 1.29 is 0 Å². The molecule has 0 N–H and O–H groups in total. The van der Waals surface area contributed by atoms with Gasteiger partial charge in [0.15, 0.2) is 5.82 Å². The lowest BCUT2D eigenvalue weighted by atomic mass is 10.3. The summed E-state index contributed by atoms with van der Waals surface area (Å²) in [5.41, 5.74) is 0.925. The van der Waals surface area contributed by atoms with Crippen molar-refractivity contribution >= 4 is 34.5 Å². The largest absolute Gasteiger partial charge is 0.232 e. The van der Waals surface area contributed by atoms with Crippen molar-refractivity contribution in [3.63, 3.8) is 0 Å². The molecule has 2 heterocycles. The summed E-state index contributed by atoms with van der Waals surface area (Å²) in [6.45, 7) is 2.03. The number of rotatable bonds is 2. The van der Waals surface area contributed by atoms with Crippen LogP contribution in [-0.4, -0.2) is 9.97 Å². The molecule has 0 aliphatic heterocycles. The number of aromatic nitrogens is 2. The van der Waals surface area contributed by atoms with Crippen molar-refractivity contribution in [2.75, 3.05) is 0 Å². The molecule has 0 bridgehead atoms. The van der Waals surface area contributed by atoms with Crippen LogP contribution < -0.4 is 0 Å². The molecule has 0 radical (unpaired) electrons. The number of aryl methyl sites for hydroxylation is 1. The summed E-state index contributed by atoms with van der Waals surface area (Å²) in [7, 11) is 0. The third kappa shape index (κ3) is 2.30. The molecule has 5 heteroatoms. The first-order valence-electron chi connectivity index (χ1n) is 4.47. The lowest BCUT2D eigenvalue weighted by molar-refractivity contribution is 1.01. The Morgan fingerprint density at radius 2 is 2.13 bits per heavy atom. The van der Waals surface area contributed by atoms with Gasteiger partial charge in [0.1, 0.15) is 5.15 Å². The lowest BCUT2D eigenvalue weighted by Gasteiger charge is -2.01. The Morgan fingerprint density at radius 1 is 1.33 bits per heavy atom. The van der Waals surface area contributed by atoms with E-state index >= 15 is 0 Å². The monoisotopic (exact) mass is 258 g/mol. The standard InChI is InChI=1S/C10H8Cl2N2S/c1-2-6-5-8(12)14-10(13-6)9-7(11)3-4-15-9/h3-5H,2H2,1H3. The van der Waals surface area contributed by atoms with E-state index in [0.29, 0.717) is 16.0 Å². The molecule has 0 unspecified atom stereocenters. The summed E-state index contributed by atoms with van der Waals surface area (Å²) in [6, 6.07) is 3.60. The van der Waals surface area contributed by atoms with E-state index in [2.05, 4.69) is 9.97 Å². The van der Waals surface area contributed by atoms with E-state index < -0.39 is 0 Å². The van der Waals surface area contributed by atoms with E-state index in [1.54, 1.807) is 6.07 Å². The first kappa shape index (κ1) is 10.9. The van der Waals surface area contributed by atoms with Crippen LogP contribution in [0, 0.1) is 0 Å². The molecule has 0 atom stereocenters. The maximum Gasteiger partial charge on any atom is 0.172 e. The number of nitrogens with zero attached hydrogens (tertiary/aromatic N) is 2. The van der Waals surface area contributed by atoms with Crippen LogP contribution in [0.5, 0.6) is 0 Å². The van der Waals surface area contributed by atoms with Crippen LogP contribution in [0.25, 0.3) is 10.7 Å². The molecule has 0 amide bonds. The van der Waals surface area contributed by atoms with Gasteiger partial charge in [0.2, 0.25) is 0 Å². The van der Waals surface area contributed by atoms with Crippen LogP contribution in [0.15, 0.2) is 17.5 Å². The zero-order chi connectivity index (χ0) is 10.8. The molecule has 0 saturated heterocycles. The van der Waals surface area contributed by atoms with Gasteiger partial charge < -0.3 is 0 Å². The first-order chi connectivity index (χ1) is 7.20. The minimum absolute atomic E-state index is 0.460. The highest BCUT2D eigenvalue weighted by Gasteiger charge is 2.09. The van der Waals surface area contributed by atoms with Crippen LogP contribution >= 0.6 is 34.5 Å². The number of hydrogen-bond donors (Lipinski definition) is 0. The maximum absolute atomic E-state index is 6.01. The topological polar surface area (TPSA) is 25.8 Å². The summed E-state index contributed by atoms with van der Waals surface area (Å²) in [6.07, 6.45) is 0.832. The average molecular weight is 259 g/mol. The smallest absolute Gasteiger partial charge is 0.172 e. The molecule has 0 aliphatic rings. The second-order valence-electron chi connectivity index (χ2n) is 2.96. The normalized spacial score (nSPS) is 10.6. The second kappa shape index (κ2) is 4.47. The second-order valence-corrected chi connectivity index (χ2v) is 4.67. The predicted octanol–water partition coefficient (Wildman–Crippen LogP) is 4.07. The zero-order valence-corrected chi connectivity index (χ0v) is 10.3.